The van der Waals surface area contributed by atoms with E-state index in [4.69, 9.17) is 16.3 Å². The average Bonchev–Trinajstić information content (AvgIpc) is 3.11. The molecule has 30 heavy (non-hydrogen) atoms. The number of rotatable bonds is 5. The lowest BCUT2D eigenvalue weighted by atomic mass is 10.2. The van der Waals surface area contributed by atoms with E-state index < -0.39 is 11.9 Å². The van der Waals surface area contributed by atoms with E-state index in [9.17, 15) is 9.59 Å². The zero-order chi connectivity index (χ0) is 20.9. The number of carbonyl (C=O) groups is 2. The third-order valence-corrected chi connectivity index (χ3v) is 5.62. The van der Waals surface area contributed by atoms with Gasteiger partial charge in [0.25, 0.3) is 5.91 Å². The summed E-state index contributed by atoms with van der Waals surface area (Å²) in [5, 5.41) is 5.08. The van der Waals surface area contributed by atoms with Crippen LogP contribution in [-0.2, 0) is 0 Å². The van der Waals surface area contributed by atoms with Crippen LogP contribution in [0.4, 0.5) is 0 Å². The highest BCUT2D eigenvalue weighted by Crippen LogP contribution is 2.35. The first-order valence-electron chi connectivity index (χ1n) is 8.70. The third-order valence-electron chi connectivity index (χ3n) is 3.96. The molecule has 0 atom stereocenters. The minimum absolute atomic E-state index is 0.151. The molecule has 0 fully saturated rings. The first kappa shape index (κ1) is 19.7. The van der Waals surface area contributed by atoms with Crippen LogP contribution in [-0.4, -0.2) is 28.1 Å². The molecule has 0 spiro atoms. The standard InChI is InChI=1S/C21H13ClN4O3S/c22-18-15-6-1-2-7-17(15)30-19(18)21(28)29-14-5-3-4-13(10-14)11-25-26-20(27)16-12-23-8-9-24-16/h1-12H,(H,26,27)/b25-11-. The fourth-order valence-corrected chi connectivity index (χ4v) is 3.98. The quantitative estimate of drug-likeness (QED) is 0.217. The van der Waals surface area contributed by atoms with Gasteiger partial charge in [-0.3, -0.25) is 9.78 Å². The Morgan fingerprint density at radius 2 is 2.00 bits per heavy atom. The van der Waals surface area contributed by atoms with Crippen molar-refractivity contribution in [3.63, 3.8) is 0 Å². The van der Waals surface area contributed by atoms with Gasteiger partial charge < -0.3 is 4.74 Å². The summed E-state index contributed by atoms with van der Waals surface area (Å²) in [4.78, 5) is 32.5. The van der Waals surface area contributed by atoms with Gasteiger partial charge in [0.05, 0.1) is 17.4 Å². The van der Waals surface area contributed by atoms with E-state index in [1.54, 1.807) is 24.3 Å². The van der Waals surface area contributed by atoms with Crippen molar-refractivity contribution in [1.82, 2.24) is 15.4 Å². The Morgan fingerprint density at radius 1 is 1.13 bits per heavy atom. The Morgan fingerprint density at radius 3 is 2.80 bits per heavy atom. The van der Waals surface area contributed by atoms with Crippen LogP contribution in [0, 0.1) is 0 Å². The predicted octanol–water partition coefficient (Wildman–Crippen LogP) is 4.33. The molecule has 0 aliphatic rings. The van der Waals surface area contributed by atoms with Gasteiger partial charge in [-0.2, -0.15) is 5.10 Å². The molecule has 2 aromatic carbocycles. The fourth-order valence-electron chi connectivity index (χ4n) is 2.60. The molecular formula is C21H13ClN4O3S. The maximum Gasteiger partial charge on any atom is 0.355 e. The van der Waals surface area contributed by atoms with Crippen molar-refractivity contribution in [2.75, 3.05) is 0 Å². The maximum atomic E-state index is 12.6. The van der Waals surface area contributed by atoms with Crippen LogP contribution in [0.25, 0.3) is 10.1 Å². The summed E-state index contributed by atoms with van der Waals surface area (Å²) in [5.74, 6) is -0.690. The Labute approximate surface area is 180 Å². The van der Waals surface area contributed by atoms with Gasteiger partial charge in [0.2, 0.25) is 0 Å². The minimum atomic E-state index is -0.536. The monoisotopic (exact) mass is 436 g/mol. The molecule has 4 rings (SSSR count). The number of nitrogens with one attached hydrogen (secondary N) is 1. The second-order valence-electron chi connectivity index (χ2n) is 5.99. The number of hydrazone groups is 1. The van der Waals surface area contributed by atoms with Crippen LogP contribution in [0.15, 0.2) is 72.2 Å². The number of hydrogen-bond donors (Lipinski definition) is 1. The normalized spacial score (nSPS) is 11.0. The minimum Gasteiger partial charge on any atom is -0.422 e. The molecular weight excluding hydrogens is 424 g/mol. The summed E-state index contributed by atoms with van der Waals surface area (Å²) in [6.07, 6.45) is 5.65. The summed E-state index contributed by atoms with van der Waals surface area (Å²) in [7, 11) is 0. The molecule has 0 aliphatic heterocycles. The number of carbonyl (C=O) groups excluding carboxylic acids is 2. The molecule has 148 valence electrons. The van der Waals surface area contributed by atoms with Gasteiger partial charge in [0.1, 0.15) is 16.3 Å². The number of amides is 1. The van der Waals surface area contributed by atoms with Crippen molar-refractivity contribution >= 4 is 51.1 Å². The highest BCUT2D eigenvalue weighted by atomic mass is 35.5. The van der Waals surface area contributed by atoms with Crippen LogP contribution in [0.3, 0.4) is 0 Å². The summed E-state index contributed by atoms with van der Waals surface area (Å²) in [6.45, 7) is 0. The molecule has 0 unspecified atom stereocenters. The molecule has 1 amide bonds. The number of halogens is 1. The topological polar surface area (TPSA) is 93.5 Å². The number of ether oxygens (including phenoxy) is 1. The fraction of sp³-hybridized carbons (Fsp3) is 0. The second kappa shape index (κ2) is 8.81. The van der Waals surface area contributed by atoms with Gasteiger partial charge >= 0.3 is 5.97 Å². The van der Waals surface area contributed by atoms with Crippen LogP contribution >= 0.6 is 22.9 Å². The van der Waals surface area contributed by atoms with Crippen molar-refractivity contribution in [1.29, 1.82) is 0 Å². The number of hydrogen-bond acceptors (Lipinski definition) is 7. The van der Waals surface area contributed by atoms with Gasteiger partial charge in [-0.05, 0) is 23.8 Å². The van der Waals surface area contributed by atoms with E-state index in [1.165, 1.54) is 36.1 Å². The Balaban J connectivity index is 1.44. The summed E-state index contributed by atoms with van der Waals surface area (Å²) in [5.41, 5.74) is 3.14. The smallest absolute Gasteiger partial charge is 0.355 e. The molecule has 7 nitrogen and oxygen atoms in total. The number of fused-ring (bicyclic) bond motifs is 1. The summed E-state index contributed by atoms with van der Waals surface area (Å²) >= 11 is 7.62. The first-order valence-corrected chi connectivity index (χ1v) is 9.90. The number of benzene rings is 2. The lowest BCUT2D eigenvalue weighted by Crippen LogP contribution is -2.19. The lowest BCUT2D eigenvalue weighted by Gasteiger charge is -2.04. The SMILES string of the molecule is O=C(N/N=C\c1cccc(OC(=O)c2sc3ccccc3c2Cl)c1)c1cnccn1. The Kier molecular flexibility index (Phi) is 5.78. The summed E-state index contributed by atoms with van der Waals surface area (Å²) < 4.78 is 6.38. The molecule has 0 radical (unpaired) electrons. The van der Waals surface area contributed by atoms with Crippen LogP contribution in [0.2, 0.25) is 5.02 Å². The molecule has 2 aromatic heterocycles. The van der Waals surface area contributed by atoms with Crippen LogP contribution in [0.5, 0.6) is 5.75 Å². The molecule has 0 saturated heterocycles. The zero-order valence-corrected chi connectivity index (χ0v) is 16.9. The molecule has 4 aromatic rings. The van der Waals surface area contributed by atoms with Crippen LogP contribution in [0.1, 0.15) is 25.7 Å². The molecule has 1 N–H and O–H groups in total. The van der Waals surface area contributed by atoms with E-state index in [0.29, 0.717) is 21.2 Å². The highest BCUT2D eigenvalue weighted by Gasteiger charge is 2.19. The zero-order valence-electron chi connectivity index (χ0n) is 15.3. The Hall–Kier alpha value is -3.62. The van der Waals surface area contributed by atoms with E-state index in [1.807, 2.05) is 24.3 Å². The van der Waals surface area contributed by atoms with Crippen molar-refractivity contribution in [2.24, 2.45) is 5.10 Å². The van der Waals surface area contributed by atoms with Crippen molar-refractivity contribution in [2.45, 2.75) is 0 Å². The predicted molar refractivity (Wildman–Crippen MR) is 115 cm³/mol. The van der Waals surface area contributed by atoms with Gasteiger partial charge in [-0.15, -0.1) is 11.3 Å². The molecule has 0 bridgehead atoms. The number of thiophene rings is 1. The van der Waals surface area contributed by atoms with Crippen LogP contribution < -0.4 is 10.2 Å². The van der Waals surface area contributed by atoms with Gasteiger partial charge in [0, 0.05) is 22.5 Å². The molecule has 9 heteroatoms. The van der Waals surface area contributed by atoms with E-state index in [2.05, 4.69) is 20.5 Å². The third kappa shape index (κ3) is 4.35. The number of aromatic nitrogens is 2. The van der Waals surface area contributed by atoms with E-state index >= 15 is 0 Å². The number of nitrogens with zero attached hydrogens (tertiary/aromatic N) is 3. The van der Waals surface area contributed by atoms with E-state index in [0.717, 1.165) is 10.1 Å². The van der Waals surface area contributed by atoms with Crippen molar-refractivity contribution in [3.05, 3.63) is 88.3 Å². The lowest BCUT2D eigenvalue weighted by molar-refractivity contribution is 0.0740. The summed E-state index contributed by atoms with van der Waals surface area (Å²) in [6, 6.07) is 14.2. The highest BCUT2D eigenvalue weighted by molar-refractivity contribution is 7.21. The molecule has 0 saturated carbocycles. The van der Waals surface area contributed by atoms with Gasteiger partial charge in [-0.1, -0.05) is 41.9 Å². The van der Waals surface area contributed by atoms with E-state index in [-0.39, 0.29) is 5.69 Å². The number of esters is 1. The largest absolute Gasteiger partial charge is 0.422 e. The van der Waals surface area contributed by atoms with Crippen molar-refractivity contribution < 1.29 is 14.3 Å². The van der Waals surface area contributed by atoms with Gasteiger partial charge in [0.15, 0.2) is 0 Å². The van der Waals surface area contributed by atoms with Crippen molar-refractivity contribution in [3.8, 4) is 5.75 Å². The Bertz CT molecular complexity index is 1260. The van der Waals surface area contributed by atoms with Gasteiger partial charge in [-0.25, -0.2) is 15.2 Å². The second-order valence-corrected chi connectivity index (χ2v) is 7.42. The maximum absolute atomic E-state index is 12.6. The molecule has 0 aliphatic carbocycles. The molecule has 2 heterocycles. The average molecular weight is 437 g/mol. The first-order chi connectivity index (χ1) is 14.6.